The molecular weight excluding hydrogens is 330 g/mol. The lowest BCUT2D eigenvalue weighted by molar-refractivity contribution is -0.146. The van der Waals surface area contributed by atoms with Crippen LogP contribution in [0.4, 0.5) is 0 Å². The molecule has 1 heterocycles. The van der Waals surface area contributed by atoms with Crippen LogP contribution in [-0.2, 0) is 28.6 Å². The van der Waals surface area contributed by atoms with E-state index in [-0.39, 0.29) is 43.3 Å². The van der Waals surface area contributed by atoms with Crippen molar-refractivity contribution in [2.45, 2.75) is 27.2 Å². The zero-order chi connectivity index (χ0) is 19.0. The Labute approximate surface area is 145 Å². The summed E-state index contributed by atoms with van der Waals surface area (Å²) in [6.45, 7) is 5.11. The van der Waals surface area contributed by atoms with E-state index in [9.17, 15) is 19.6 Å². The van der Waals surface area contributed by atoms with Gasteiger partial charge in [0.15, 0.2) is 5.92 Å². The molecule has 0 bridgehead atoms. The zero-order valence-corrected chi connectivity index (χ0v) is 14.4. The first-order valence-corrected chi connectivity index (χ1v) is 7.88. The fourth-order valence-electron chi connectivity index (χ4n) is 2.28. The molecule has 1 aliphatic rings. The standard InChI is InChI=1S/C16H21N3O6/c1-4-23-14(20)9-7-10(15(21)24-5-2)13(18)19-12(9)11(8-17)16(22)25-6-3/h9,11H,4-7,18H2,1-3H3. The van der Waals surface area contributed by atoms with Gasteiger partial charge in [0.2, 0.25) is 0 Å². The van der Waals surface area contributed by atoms with Crippen LogP contribution in [0.15, 0.2) is 16.4 Å². The van der Waals surface area contributed by atoms with Crippen LogP contribution in [0.2, 0.25) is 0 Å². The summed E-state index contributed by atoms with van der Waals surface area (Å²) in [5, 5.41) is 9.32. The van der Waals surface area contributed by atoms with Crippen molar-refractivity contribution in [1.82, 2.24) is 0 Å². The van der Waals surface area contributed by atoms with E-state index in [1.165, 1.54) is 0 Å². The highest BCUT2D eigenvalue weighted by Gasteiger charge is 2.41. The first-order valence-electron chi connectivity index (χ1n) is 7.88. The van der Waals surface area contributed by atoms with Crippen molar-refractivity contribution in [3.8, 4) is 6.07 Å². The van der Waals surface area contributed by atoms with Crippen molar-refractivity contribution in [3.05, 3.63) is 11.4 Å². The van der Waals surface area contributed by atoms with Gasteiger partial charge < -0.3 is 19.9 Å². The number of hydrogen-bond donors (Lipinski definition) is 1. The molecule has 9 heteroatoms. The molecular formula is C16H21N3O6. The van der Waals surface area contributed by atoms with Crippen molar-refractivity contribution in [2.75, 3.05) is 19.8 Å². The van der Waals surface area contributed by atoms with Gasteiger partial charge >= 0.3 is 17.9 Å². The van der Waals surface area contributed by atoms with Crippen molar-refractivity contribution >= 4 is 23.6 Å². The minimum Gasteiger partial charge on any atom is -0.465 e. The summed E-state index contributed by atoms with van der Waals surface area (Å²) in [7, 11) is 0. The summed E-state index contributed by atoms with van der Waals surface area (Å²) in [4.78, 5) is 40.2. The minimum atomic E-state index is -1.42. The lowest BCUT2D eigenvalue weighted by Crippen LogP contribution is -2.39. The molecule has 1 rings (SSSR count). The Bertz CT molecular complexity index is 647. The van der Waals surface area contributed by atoms with Crippen molar-refractivity contribution in [3.63, 3.8) is 0 Å². The third-order valence-corrected chi connectivity index (χ3v) is 3.36. The number of carbonyl (C=O) groups excluding carboxylic acids is 3. The number of nitrogens with two attached hydrogens (primary N) is 1. The van der Waals surface area contributed by atoms with Gasteiger partial charge in [0.1, 0.15) is 11.7 Å². The Balaban J connectivity index is 3.33. The van der Waals surface area contributed by atoms with Crippen LogP contribution in [0.3, 0.4) is 0 Å². The van der Waals surface area contributed by atoms with Gasteiger partial charge in [0.25, 0.3) is 0 Å². The molecule has 0 fully saturated rings. The Morgan fingerprint density at radius 1 is 1.20 bits per heavy atom. The molecule has 0 aromatic rings. The molecule has 0 radical (unpaired) electrons. The summed E-state index contributed by atoms with van der Waals surface area (Å²) in [6.07, 6.45) is -0.167. The van der Waals surface area contributed by atoms with Crippen molar-refractivity contribution < 1.29 is 28.6 Å². The zero-order valence-electron chi connectivity index (χ0n) is 14.4. The third-order valence-electron chi connectivity index (χ3n) is 3.36. The van der Waals surface area contributed by atoms with Crippen LogP contribution in [0.1, 0.15) is 27.2 Å². The molecule has 2 atom stereocenters. The number of aliphatic imine (C=N–C) groups is 1. The average Bonchev–Trinajstić information content (AvgIpc) is 2.56. The Morgan fingerprint density at radius 3 is 2.32 bits per heavy atom. The van der Waals surface area contributed by atoms with Crippen LogP contribution < -0.4 is 5.73 Å². The van der Waals surface area contributed by atoms with Gasteiger partial charge in [0, 0.05) is 6.42 Å². The lowest BCUT2D eigenvalue weighted by atomic mass is 9.85. The Morgan fingerprint density at radius 2 is 1.80 bits per heavy atom. The number of nitriles is 1. The SMILES string of the molecule is CCOC(=O)C1=C(N)N=C(C(C#N)C(=O)OCC)C(C(=O)OCC)C1. The molecule has 2 unspecified atom stereocenters. The van der Waals surface area contributed by atoms with Gasteiger partial charge in [-0.15, -0.1) is 0 Å². The maximum atomic E-state index is 12.3. The largest absolute Gasteiger partial charge is 0.465 e. The molecule has 0 saturated heterocycles. The molecule has 136 valence electrons. The molecule has 0 saturated carbocycles. The number of ether oxygens (including phenoxy) is 3. The molecule has 0 aliphatic carbocycles. The molecule has 25 heavy (non-hydrogen) atoms. The molecule has 9 nitrogen and oxygen atoms in total. The van der Waals surface area contributed by atoms with Crippen LogP contribution in [0.25, 0.3) is 0 Å². The molecule has 0 spiro atoms. The summed E-state index contributed by atoms with van der Waals surface area (Å²) in [5.41, 5.74) is 5.69. The van der Waals surface area contributed by atoms with E-state index in [2.05, 4.69) is 4.99 Å². The second-order valence-corrected chi connectivity index (χ2v) is 4.94. The highest BCUT2D eigenvalue weighted by molar-refractivity contribution is 6.14. The Kier molecular flexibility index (Phi) is 7.59. The van der Waals surface area contributed by atoms with Crippen LogP contribution >= 0.6 is 0 Å². The van der Waals surface area contributed by atoms with E-state index in [4.69, 9.17) is 19.9 Å². The summed E-state index contributed by atoms with van der Waals surface area (Å²) < 4.78 is 14.7. The predicted molar refractivity (Wildman–Crippen MR) is 85.8 cm³/mol. The van der Waals surface area contributed by atoms with Gasteiger partial charge in [-0.1, -0.05) is 0 Å². The van der Waals surface area contributed by atoms with E-state index in [1.807, 2.05) is 0 Å². The first kappa shape index (κ1) is 20.2. The fraction of sp³-hybridized carbons (Fsp3) is 0.562. The monoisotopic (exact) mass is 351 g/mol. The van der Waals surface area contributed by atoms with E-state index in [0.717, 1.165) is 0 Å². The molecule has 0 aromatic carbocycles. The maximum Gasteiger partial charge on any atom is 0.337 e. The average molecular weight is 351 g/mol. The number of hydrogen-bond acceptors (Lipinski definition) is 9. The second kappa shape index (κ2) is 9.42. The predicted octanol–water partition coefficient (Wildman–Crippen LogP) is 0.447. The van der Waals surface area contributed by atoms with Crippen LogP contribution in [0, 0.1) is 23.2 Å². The fourth-order valence-corrected chi connectivity index (χ4v) is 2.28. The smallest absolute Gasteiger partial charge is 0.337 e. The molecule has 0 aromatic heterocycles. The van der Waals surface area contributed by atoms with E-state index >= 15 is 0 Å². The van der Waals surface area contributed by atoms with Crippen LogP contribution in [-0.4, -0.2) is 43.4 Å². The van der Waals surface area contributed by atoms with Crippen molar-refractivity contribution in [2.24, 2.45) is 22.6 Å². The summed E-state index contributed by atoms with van der Waals surface area (Å²) >= 11 is 0. The van der Waals surface area contributed by atoms with E-state index < -0.39 is 29.7 Å². The molecule has 0 amide bonds. The minimum absolute atomic E-state index is 0.00389. The molecule has 1 aliphatic heterocycles. The second-order valence-electron chi connectivity index (χ2n) is 4.94. The van der Waals surface area contributed by atoms with Gasteiger partial charge in [-0.05, 0) is 20.8 Å². The van der Waals surface area contributed by atoms with Gasteiger partial charge in [-0.3, -0.25) is 9.59 Å². The number of esters is 3. The Hall–Kier alpha value is -2.89. The third kappa shape index (κ3) is 4.79. The van der Waals surface area contributed by atoms with Gasteiger partial charge in [-0.25, -0.2) is 9.79 Å². The highest BCUT2D eigenvalue weighted by Crippen LogP contribution is 2.28. The van der Waals surface area contributed by atoms with E-state index in [0.29, 0.717) is 0 Å². The first-order chi connectivity index (χ1) is 11.9. The number of carbonyl (C=O) groups is 3. The van der Waals surface area contributed by atoms with E-state index in [1.54, 1.807) is 26.8 Å². The van der Waals surface area contributed by atoms with Gasteiger partial charge in [-0.2, -0.15) is 5.26 Å². The molecule has 2 N–H and O–H groups in total. The van der Waals surface area contributed by atoms with Crippen molar-refractivity contribution in [1.29, 1.82) is 5.26 Å². The number of rotatable bonds is 7. The summed E-state index contributed by atoms with van der Waals surface area (Å²) in [5.74, 6) is -4.97. The van der Waals surface area contributed by atoms with Gasteiger partial charge in [0.05, 0.1) is 37.2 Å². The lowest BCUT2D eigenvalue weighted by Gasteiger charge is -2.25. The topological polar surface area (TPSA) is 141 Å². The van der Waals surface area contributed by atoms with Crippen LogP contribution in [0.5, 0.6) is 0 Å². The number of nitrogens with zero attached hydrogens (tertiary/aromatic N) is 2. The maximum absolute atomic E-state index is 12.3. The normalized spacial score (nSPS) is 17.8. The highest BCUT2D eigenvalue weighted by atomic mass is 16.5. The summed E-state index contributed by atoms with van der Waals surface area (Å²) in [6, 6.07) is 1.77. The quantitative estimate of drug-likeness (QED) is 0.514.